The number of hydrogen-bond donors (Lipinski definition) is 1. The van der Waals surface area contributed by atoms with Crippen LogP contribution in [0.4, 0.5) is 5.69 Å². The second-order valence-corrected chi connectivity index (χ2v) is 8.96. The molecule has 0 unspecified atom stereocenters. The molecule has 0 aliphatic carbocycles. The summed E-state index contributed by atoms with van der Waals surface area (Å²) in [5.41, 5.74) is 1.60. The number of hydrogen-bond acceptors (Lipinski definition) is 5. The summed E-state index contributed by atoms with van der Waals surface area (Å²) in [6.45, 7) is 4.43. The van der Waals surface area contributed by atoms with E-state index >= 15 is 0 Å². The molecule has 2 rings (SSSR count). The molecule has 0 aliphatic rings. The van der Waals surface area contributed by atoms with E-state index in [0.29, 0.717) is 18.8 Å². The van der Waals surface area contributed by atoms with Crippen molar-refractivity contribution in [1.29, 1.82) is 0 Å². The third-order valence-electron chi connectivity index (χ3n) is 4.57. The molecule has 2 amide bonds. The Kier molecular flexibility index (Phi) is 7.58. The first kappa shape index (κ1) is 23.4. The molecule has 1 N–H and O–H groups in total. The number of benzene rings is 2. The Labute approximate surface area is 177 Å². The van der Waals surface area contributed by atoms with Crippen LogP contribution < -0.4 is 10.1 Å². The molecular weight excluding hydrogens is 406 g/mol. The van der Waals surface area contributed by atoms with Gasteiger partial charge in [-0.1, -0.05) is 12.1 Å². The molecule has 0 heterocycles. The number of anilines is 1. The fourth-order valence-electron chi connectivity index (χ4n) is 2.83. The van der Waals surface area contributed by atoms with Crippen LogP contribution in [0.2, 0.25) is 0 Å². The number of carbonyl (C=O) groups is 2. The predicted octanol–water partition coefficient (Wildman–Crippen LogP) is 2.57. The van der Waals surface area contributed by atoms with Crippen LogP contribution in [0, 0.1) is 0 Å². The number of carbonyl (C=O) groups excluding carboxylic acids is 2. The standard InChI is InChI=1S/C21H27N3O5S/c1-6-24(15(2)25)14-16-8-7-9-18(12-16)22-21(26)17-10-11-19(29-5)20(13-17)30(27,28)23(3)4/h7-13H,6,14H2,1-5H3,(H,22,26). The Balaban J connectivity index is 2.29. The molecule has 0 atom stereocenters. The average molecular weight is 434 g/mol. The van der Waals surface area contributed by atoms with Gasteiger partial charge >= 0.3 is 0 Å². The van der Waals surface area contributed by atoms with Gasteiger partial charge in [-0.2, -0.15) is 0 Å². The van der Waals surface area contributed by atoms with Gasteiger partial charge in [-0.05, 0) is 42.8 Å². The fraction of sp³-hybridized carbons (Fsp3) is 0.333. The van der Waals surface area contributed by atoms with E-state index < -0.39 is 15.9 Å². The molecule has 0 spiro atoms. The minimum absolute atomic E-state index is 0.0280. The van der Waals surface area contributed by atoms with E-state index in [9.17, 15) is 18.0 Å². The van der Waals surface area contributed by atoms with Gasteiger partial charge in [0, 0.05) is 45.4 Å². The van der Waals surface area contributed by atoms with Gasteiger partial charge in [0.25, 0.3) is 5.91 Å². The SMILES string of the molecule is CCN(Cc1cccc(NC(=O)c2ccc(OC)c(S(=O)(=O)N(C)C)c2)c1)C(C)=O. The first-order chi connectivity index (χ1) is 14.1. The van der Waals surface area contributed by atoms with E-state index in [1.165, 1.54) is 46.3 Å². The molecule has 2 aromatic rings. The van der Waals surface area contributed by atoms with Crippen molar-refractivity contribution in [1.82, 2.24) is 9.21 Å². The highest BCUT2D eigenvalue weighted by Crippen LogP contribution is 2.27. The summed E-state index contributed by atoms with van der Waals surface area (Å²) in [6, 6.07) is 11.4. The van der Waals surface area contributed by atoms with Crippen molar-refractivity contribution in [3.63, 3.8) is 0 Å². The zero-order valence-corrected chi connectivity index (χ0v) is 18.6. The van der Waals surface area contributed by atoms with Gasteiger partial charge in [-0.3, -0.25) is 9.59 Å². The lowest BCUT2D eigenvalue weighted by Crippen LogP contribution is -2.27. The Bertz CT molecular complexity index is 1030. The lowest BCUT2D eigenvalue weighted by molar-refractivity contribution is -0.129. The van der Waals surface area contributed by atoms with Crippen molar-refractivity contribution >= 4 is 27.5 Å². The monoisotopic (exact) mass is 433 g/mol. The Morgan fingerprint density at radius 1 is 1.10 bits per heavy atom. The highest BCUT2D eigenvalue weighted by molar-refractivity contribution is 7.89. The molecule has 0 aliphatic heterocycles. The number of amides is 2. The van der Waals surface area contributed by atoms with Crippen LogP contribution in [0.3, 0.4) is 0 Å². The van der Waals surface area contributed by atoms with E-state index in [1.54, 1.807) is 23.1 Å². The quantitative estimate of drug-likeness (QED) is 0.690. The number of ether oxygens (including phenoxy) is 1. The second kappa shape index (κ2) is 9.73. The van der Waals surface area contributed by atoms with E-state index in [-0.39, 0.29) is 22.1 Å². The van der Waals surface area contributed by atoms with E-state index in [0.717, 1.165) is 9.87 Å². The minimum atomic E-state index is -3.79. The highest BCUT2D eigenvalue weighted by atomic mass is 32.2. The van der Waals surface area contributed by atoms with Gasteiger partial charge in [0.15, 0.2) is 0 Å². The van der Waals surface area contributed by atoms with Crippen molar-refractivity contribution in [2.24, 2.45) is 0 Å². The molecule has 0 radical (unpaired) electrons. The van der Waals surface area contributed by atoms with Crippen LogP contribution in [-0.2, 0) is 21.4 Å². The van der Waals surface area contributed by atoms with E-state index in [1.807, 2.05) is 13.0 Å². The Morgan fingerprint density at radius 2 is 1.80 bits per heavy atom. The van der Waals surface area contributed by atoms with Crippen molar-refractivity contribution in [2.75, 3.05) is 33.1 Å². The summed E-state index contributed by atoms with van der Waals surface area (Å²) in [5.74, 6) is -0.324. The lowest BCUT2D eigenvalue weighted by atomic mass is 10.1. The topological polar surface area (TPSA) is 96.0 Å². The molecule has 0 saturated carbocycles. The molecule has 0 bridgehead atoms. The van der Waals surface area contributed by atoms with E-state index in [4.69, 9.17) is 4.74 Å². The largest absolute Gasteiger partial charge is 0.495 e. The lowest BCUT2D eigenvalue weighted by Gasteiger charge is -2.19. The molecule has 162 valence electrons. The summed E-state index contributed by atoms with van der Waals surface area (Å²) in [7, 11) is 0.403. The van der Waals surface area contributed by atoms with Gasteiger partial charge in [0.2, 0.25) is 15.9 Å². The number of rotatable bonds is 8. The maximum atomic E-state index is 12.7. The zero-order valence-electron chi connectivity index (χ0n) is 17.8. The number of nitrogens with one attached hydrogen (secondary N) is 1. The fourth-order valence-corrected chi connectivity index (χ4v) is 3.91. The molecule has 9 heteroatoms. The summed E-state index contributed by atoms with van der Waals surface area (Å²) in [4.78, 5) is 26.0. The van der Waals surface area contributed by atoms with Gasteiger partial charge < -0.3 is 15.0 Å². The van der Waals surface area contributed by atoms with E-state index in [2.05, 4.69) is 5.32 Å². The van der Waals surface area contributed by atoms with Gasteiger partial charge in [-0.15, -0.1) is 0 Å². The second-order valence-electron chi connectivity index (χ2n) is 6.84. The van der Waals surface area contributed by atoms with Gasteiger partial charge in [0.05, 0.1) is 7.11 Å². The van der Waals surface area contributed by atoms with Crippen molar-refractivity contribution in [2.45, 2.75) is 25.3 Å². The van der Waals surface area contributed by atoms with Crippen LogP contribution >= 0.6 is 0 Å². The number of nitrogens with zero attached hydrogens (tertiary/aromatic N) is 2. The van der Waals surface area contributed by atoms with Crippen LogP contribution in [0.5, 0.6) is 5.75 Å². The molecule has 2 aromatic carbocycles. The zero-order chi connectivity index (χ0) is 22.5. The first-order valence-electron chi connectivity index (χ1n) is 9.36. The highest BCUT2D eigenvalue weighted by Gasteiger charge is 2.24. The Hall–Kier alpha value is -2.91. The Morgan fingerprint density at radius 3 is 2.37 bits per heavy atom. The molecular formula is C21H27N3O5S. The van der Waals surface area contributed by atoms with Gasteiger partial charge in [0.1, 0.15) is 10.6 Å². The van der Waals surface area contributed by atoms with Crippen LogP contribution in [0.25, 0.3) is 0 Å². The van der Waals surface area contributed by atoms with Crippen molar-refractivity contribution in [3.05, 3.63) is 53.6 Å². The first-order valence-corrected chi connectivity index (χ1v) is 10.8. The van der Waals surface area contributed by atoms with Crippen LogP contribution in [0.15, 0.2) is 47.4 Å². The minimum Gasteiger partial charge on any atom is -0.495 e. The van der Waals surface area contributed by atoms with Gasteiger partial charge in [-0.25, -0.2) is 12.7 Å². The van der Waals surface area contributed by atoms with Crippen molar-refractivity contribution < 1.29 is 22.7 Å². The maximum Gasteiger partial charge on any atom is 0.255 e. The summed E-state index contributed by atoms with van der Waals surface area (Å²) in [5, 5.41) is 2.77. The average Bonchev–Trinajstić information content (AvgIpc) is 2.71. The normalized spacial score (nSPS) is 11.3. The summed E-state index contributed by atoms with van der Waals surface area (Å²) >= 11 is 0. The summed E-state index contributed by atoms with van der Waals surface area (Å²) in [6.07, 6.45) is 0. The van der Waals surface area contributed by atoms with Crippen LogP contribution in [-0.4, -0.2) is 57.2 Å². The smallest absolute Gasteiger partial charge is 0.255 e. The maximum absolute atomic E-state index is 12.7. The molecule has 0 saturated heterocycles. The van der Waals surface area contributed by atoms with Crippen LogP contribution in [0.1, 0.15) is 29.8 Å². The number of methoxy groups -OCH3 is 1. The molecule has 30 heavy (non-hydrogen) atoms. The third kappa shape index (κ3) is 5.37. The third-order valence-corrected chi connectivity index (χ3v) is 6.41. The number of sulfonamides is 1. The molecule has 0 fully saturated rings. The molecule has 8 nitrogen and oxygen atoms in total. The predicted molar refractivity (Wildman–Crippen MR) is 115 cm³/mol. The molecule has 0 aromatic heterocycles. The summed E-state index contributed by atoms with van der Waals surface area (Å²) < 4.78 is 31.3. The van der Waals surface area contributed by atoms with Crippen molar-refractivity contribution in [3.8, 4) is 5.75 Å².